The van der Waals surface area contributed by atoms with Crippen molar-refractivity contribution in [1.29, 1.82) is 0 Å². The van der Waals surface area contributed by atoms with E-state index in [1.807, 2.05) is 25.1 Å². The molecule has 5 heteroatoms. The van der Waals surface area contributed by atoms with Crippen LogP contribution in [0.15, 0.2) is 40.9 Å². The molecule has 2 aromatic carbocycles. The third kappa shape index (κ3) is 3.54. The van der Waals surface area contributed by atoms with E-state index in [0.29, 0.717) is 12.2 Å². The van der Waals surface area contributed by atoms with Crippen molar-refractivity contribution in [1.82, 2.24) is 0 Å². The second-order valence-corrected chi connectivity index (χ2v) is 5.34. The Morgan fingerprint density at radius 2 is 2.00 bits per heavy atom. The summed E-state index contributed by atoms with van der Waals surface area (Å²) in [5, 5.41) is 0. The Bertz CT molecular complexity index is 634. The summed E-state index contributed by atoms with van der Waals surface area (Å²) < 4.78 is 24.9. The molecule has 1 unspecified atom stereocenters. The van der Waals surface area contributed by atoms with Gasteiger partial charge in [-0.15, -0.1) is 0 Å². The van der Waals surface area contributed by atoms with E-state index in [2.05, 4.69) is 15.9 Å². The highest BCUT2D eigenvalue weighted by Gasteiger charge is 2.15. The molecule has 0 spiro atoms. The van der Waals surface area contributed by atoms with Crippen LogP contribution in [0.4, 0.5) is 4.39 Å². The standard InChI is InChI=1S/C16H17BrFNO2/c1-3-21-11-5-6-12(13(17)9-11)16(19)10-4-7-15(20-2)14(18)8-10/h4-9,16H,3,19H2,1-2H3. The molecule has 0 aliphatic heterocycles. The fourth-order valence-electron chi connectivity index (χ4n) is 2.07. The quantitative estimate of drug-likeness (QED) is 0.881. The summed E-state index contributed by atoms with van der Waals surface area (Å²) >= 11 is 3.48. The number of hydrogen-bond acceptors (Lipinski definition) is 3. The van der Waals surface area contributed by atoms with Crippen molar-refractivity contribution in [3.63, 3.8) is 0 Å². The van der Waals surface area contributed by atoms with E-state index in [1.54, 1.807) is 12.1 Å². The number of halogens is 2. The zero-order valence-electron chi connectivity index (χ0n) is 11.9. The van der Waals surface area contributed by atoms with E-state index in [1.165, 1.54) is 13.2 Å². The first-order valence-electron chi connectivity index (χ1n) is 6.58. The van der Waals surface area contributed by atoms with Gasteiger partial charge in [0.1, 0.15) is 5.75 Å². The van der Waals surface area contributed by atoms with Gasteiger partial charge in [-0.05, 0) is 42.3 Å². The van der Waals surface area contributed by atoms with Crippen molar-refractivity contribution in [2.24, 2.45) is 5.73 Å². The van der Waals surface area contributed by atoms with Crippen molar-refractivity contribution >= 4 is 15.9 Å². The predicted molar refractivity (Wildman–Crippen MR) is 84.3 cm³/mol. The van der Waals surface area contributed by atoms with E-state index in [-0.39, 0.29) is 5.75 Å². The topological polar surface area (TPSA) is 44.5 Å². The predicted octanol–water partition coefficient (Wildman–Crippen LogP) is 4.04. The minimum Gasteiger partial charge on any atom is -0.494 e. The van der Waals surface area contributed by atoms with Crippen LogP contribution >= 0.6 is 15.9 Å². The lowest BCUT2D eigenvalue weighted by Gasteiger charge is -2.16. The van der Waals surface area contributed by atoms with Crippen LogP contribution in [0.2, 0.25) is 0 Å². The molecular weight excluding hydrogens is 337 g/mol. The van der Waals surface area contributed by atoms with Crippen LogP contribution in [-0.4, -0.2) is 13.7 Å². The molecule has 1 atom stereocenters. The van der Waals surface area contributed by atoms with Crippen molar-refractivity contribution in [3.8, 4) is 11.5 Å². The van der Waals surface area contributed by atoms with Crippen molar-refractivity contribution < 1.29 is 13.9 Å². The highest BCUT2D eigenvalue weighted by molar-refractivity contribution is 9.10. The highest BCUT2D eigenvalue weighted by Crippen LogP contribution is 2.31. The largest absolute Gasteiger partial charge is 0.494 e. The summed E-state index contributed by atoms with van der Waals surface area (Å²) in [6, 6.07) is 9.88. The minimum absolute atomic E-state index is 0.205. The minimum atomic E-state index is -0.435. The van der Waals surface area contributed by atoms with Gasteiger partial charge in [-0.1, -0.05) is 28.1 Å². The van der Waals surface area contributed by atoms with Crippen LogP contribution in [0.5, 0.6) is 11.5 Å². The van der Waals surface area contributed by atoms with Crippen LogP contribution in [0.1, 0.15) is 24.1 Å². The van der Waals surface area contributed by atoms with Crippen LogP contribution in [-0.2, 0) is 0 Å². The van der Waals surface area contributed by atoms with Gasteiger partial charge in [-0.25, -0.2) is 4.39 Å². The highest BCUT2D eigenvalue weighted by atomic mass is 79.9. The molecule has 0 fully saturated rings. The molecule has 0 saturated heterocycles. The third-order valence-corrected chi connectivity index (χ3v) is 3.84. The maximum Gasteiger partial charge on any atom is 0.165 e. The smallest absolute Gasteiger partial charge is 0.165 e. The van der Waals surface area contributed by atoms with Gasteiger partial charge in [0, 0.05) is 4.47 Å². The Kier molecular flexibility index (Phi) is 5.20. The van der Waals surface area contributed by atoms with E-state index in [9.17, 15) is 4.39 Å². The SMILES string of the molecule is CCOc1ccc(C(N)c2ccc(OC)c(F)c2)c(Br)c1. The van der Waals surface area contributed by atoms with Gasteiger partial charge in [-0.3, -0.25) is 0 Å². The molecule has 3 nitrogen and oxygen atoms in total. The van der Waals surface area contributed by atoms with Gasteiger partial charge in [-0.2, -0.15) is 0 Å². The van der Waals surface area contributed by atoms with Crippen molar-refractivity contribution in [2.75, 3.05) is 13.7 Å². The number of nitrogens with two attached hydrogens (primary N) is 1. The Labute approximate surface area is 132 Å². The molecule has 112 valence electrons. The van der Waals surface area contributed by atoms with Crippen molar-refractivity contribution in [3.05, 3.63) is 57.8 Å². The average molecular weight is 354 g/mol. The molecule has 0 heterocycles. The molecule has 2 N–H and O–H groups in total. The lowest BCUT2D eigenvalue weighted by molar-refractivity contribution is 0.340. The summed E-state index contributed by atoms with van der Waals surface area (Å²) in [4.78, 5) is 0. The zero-order valence-corrected chi connectivity index (χ0v) is 13.5. The fraction of sp³-hybridized carbons (Fsp3) is 0.250. The molecule has 0 aliphatic carbocycles. The Hall–Kier alpha value is -1.59. The van der Waals surface area contributed by atoms with E-state index in [4.69, 9.17) is 15.2 Å². The van der Waals surface area contributed by atoms with Gasteiger partial charge in [0.25, 0.3) is 0 Å². The normalized spacial score (nSPS) is 12.0. The third-order valence-electron chi connectivity index (χ3n) is 3.15. The molecule has 21 heavy (non-hydrogen) atoms. The van der Waals surface area contributed by atoms with Gasteiger partial charge in [0.05, 0.1) is 19.8 Å². The second-order valence-electron chi connectivity index (χ2n) is 4.49. The van der Waals surface area contributed by atoms with Crippen LogP contribution in [0.25, 0.3) is 0 Å². The van der Waals surface area contributed by atoms with Crippen LogP contribution in [0.3, 0.4) is 0 Å². The molecule has 0 aliphatic rings. The molecule has 0 saturated carbocycles. The Morgan fingerprint density at radius 3 is 2.57 bits per heavy atom. The zero-order chi connectivity index (χ0) is 15.4. The van der Waals surface area contributed by atoms with Gasteiger partial charge < -0.3 is 15.2 Å². The summed E-state index contributed by atoms with van der Waals surface area (Å²) in [5.41, 5.74) is 7.77. The first-order valence-corrected chi connectivity index (χ1v) is 7.37. The Balaban J connectivity index is 2.31. The summed E-state index contributed by atoms with van der Waals surface area (Å²) in [6.07, 6.45) is 0. The molecule has 0 radical (unpaired) electrons. The number of ether oxygens (including phenoxy) is 2. The number of benzene rings is 2. The van der Waals surface area contributed by atoms with Gasteiger partial charge in [0.15, 0.2) is 11.6 Å². The summed E-state index contributed by atoms with van der Waals surface area (Å²) in [6.45, 7) is 2.52. The monoisotopic (exact) mass is 353 g/mol. The van der Waals surface area contributed by atoms with E-state index in [0.717, 1.165) is 15.8 Å². The first-order chi connectivity index (χ1) is 10.1. The number of methoxy groups -OCH3 is 1. The van der Waals surface area contributed by atoms with Crippen molar-refractivity contribution in [2.45, 2.75) is 13.0 Å². The molecule has 2 aromatic rings. The lowest BCUT2D eigenvalue weighted by Crippen LogP contribution is -2.13. The number of hydrogen-bond donors (Lipinski definition) is 1. The van der Waals surface area contributed by atoms with E-state index < -0.39 is 11.9 Å². The van der Waals surface area contributed by atoms with Crippen LogP contribution in [0, 0.1) is 5.82 Å². The fourth-order valence-corrected chi connectivity index (χ4v) is 2.68. The van der Waals surface area contributed by atoms with Gasteiger partial charge in [0.2, 0.25) is 0 Å². The molecule has 0 bridgehead atoms. The molecule has 2 rings (SSSR count). The van der Waals surface area contributed by atoms with E-state index >= 15 is 0 Å². The summed E-state index contributed by atoms with van der Waals surface area (Å²) in [7, 11) is 1.43. The van der Waals surface area contributed by atoms with Crippen LogP contribution < -0.4 is 15.2 Å². The maximum absolute atomic E-state index is 13.8. The first kappa shape index (κ1) is 15.8. The summed E-state index contributed by atoms with van der Waals surface area (Å²) in [5.74, 6) is 0.547. The average Bonchev–Trinajstić information content (AvgIpc) is 2.47. The molecular formula is C16H17BrFNO2. The lowest BCUT2D eigenvalue weighted by atomic mass is 9.99. The maximum atomic E-state index is 13.8. The Morgan fingerprint density at radius 1 is 1.24 bits per heavy atom. The second kappa shape index (κ2) is 6.91. The number of rotatable bonds is 5. The molecule has 0 amide bonds. The molecule has 0 aromatic heterocycles. The van der Waals surface area contributed by atoms with Gasteiger partial charge >= 0.3 is 0 Å².